The number of aromatic nitrogens is 2. The molecule has 0 amide bonds. The second kappa shape index (κ2) is 6.47. The lowest BCUT2D eigenvalue weighted by Gasteiger charge is -2.20. The van der Waals surface area contributed by atoms with Gasteiger partial charge in [-0.1, -0.05) is 0 Å². The maximum Gasteiger partial charge on any atom is 0.133 e. The van der Waals surface area contributed by atoms with Gasteiger partial charge in [-0.25, -0.2) is 0 Å². The summed E-state index contributed by atoms with van der Waals surface area (Å²) < 4.78 is 13.7. The number of rotatable bonds is 5. The van der Waals surface area contributed by atoms with E-state index in [-0.39, 0.29) is 12.7 Å². The lowest BCUT2D eigenvalue weighted by Crippen LogP contribution is -2.18. The fraction of sp³-hybridized carbons (Fsp3) is 0.588. The molecular weight excluding hydrogens is 294 g/mol. The quantitative estimate of drug-likeness (QED) is 0.916. The van der Waals surface area contributed by atoms with Crippen molar-refractivity contribution in [1.29, 1.82) is 0 Å². The third-order valence-electron chi connectivity index (χ3n) is 4.67. The van der Waals surface area contributed by atoms with Crippen molar-refractivity contribution in [2.45, 2.75) is 51.5 Å². The summed E-state index contributed by atoms with van der Waals surface area (Å²) in [4.78, 5) is 2.34. The predicted molar refractivity (Wildman–Crippen MR) is 83.5 cm³/mol. The van der Waals surface area contributed by atoms with Crippen LogP contribution >= 0.6 is 0 Å². The van der Waals surface area contributed by atoms with Crippen LogP contribution in [0.1, 0.15) is 48.1 Å². The first-order valence-corrected chi connectivity index (χ1v) is 8.40. The van der Waals surface area contributed by atoms with E-state index >= 15 is 0 Å². The van der Waals surface area contributed by atoms with Gasteiger partial charge in [-0.3, -0.25) is 9.58 Å². The van der Waals surface area contributed by atoms with Gasteiger partial charge in [-0.2, -0.15) is 5.10 Å². The molecule has 2 aliphatic heterocycles. The second-order valence-electron chi connectivity index (χ2n) is 6.37. The molecule has 23 heavy (non-hydrogen) atoms. The second-order valence-corrected chi connectivity index (χ2v) is 6.37. The van der Waals surface area contributed by atoms with Crippen molar-refractivity contribution >= 4 is 0 Å². The van der Waals surface area contributed by atoms with Gasteiger partial charge in [-0.05, 0) is 31.4 Å². The van der Waals surface area contributed by atoms with E-state index in [1.807, 2.05) is 10.9 Å². The molecule has 4 heterocycles. The topological polar surface area (TPSA) is 63.7 Å². The Labute approximate surface area is 135 Å². The molecular formula is C17H23N3O3. The Morgan fingerprint density at radius 2 is 2.22 bits per heavy atom. The molecule has 0 bridgehead atoms. The Kier molecular flexibility index (Phi) is 4.20. The maximum absolute atomic E-state index is 9.10. The number of aliphatic hydroxyl groups is 1. The van der Waals surface area contributed by atoms with Crippen LogP contribution in [0.2, 0.25) is 0 Å². The summed E-state index contributed by atoms with van der Waals surface area (Å²) in [6.45, 7) is 4.05. The zero-order valence-corrected chi connectivity index (χ0v) is 13.3. The van der Waals surface area contributed by atoms with E-state index in [1.54, 1.807) is 0 Å². The van der Waals surface area contributed by atoms with E-state index in [0.717, 1.165) is 50.6 Å². The van der Waals surface area contributed by atoms with Crippen LogP contribution < -0.4 is 0 Å². The van der Waals surface area contributed by atoms with Gasteiger partial charge >= 0.3 is 0 Å². The van der Waals surface area contributed by atoms with Crippen molar-refractivity contribution in [1.82, 2.24) is 14.7 Å². The molecule has 0 radical (unpaired) electrons. The summed E-state index contributed by atoms with van der Waals surface area (Å²) in [5.74, 6) is 1.95. The molecule has 0 aliphatic carbocycles. The first kappa shape index (κ1) is 14.9. The molecule has 1 saturated heterocycles. The van der Waals surface area contributed by atoms with Gasteiger partial charge < -0.3 is 14.3 Å². The van der Waals surface area contributed by atoms with Gasteiger partial charge in [0.2, 0.25) is 0 Å². The molecule has 124 valence electrons. The lowest BCUT2D eigenvalue weighted by atomic mass is 10.1. The number of hydrogen-bond acceptors (Lipinski definition) is 5. The van der Waals surface area contributed by atoms with Crippen molar-refractivity contribution < 1.29 is 14.3 Å². The van der Waals surface area contributed by atoms with E-state index in [9.17, 15) is 0 Å². The van der Waals surface area contributed by atoms with Crippen LogP contribution in [0.4, 0.5) is 0 Å². The minimum Gasteiger partial charge on any atom is -0.462 e. The van der Waals surface area contributed by atoms with Crippen molar-refractivity contribution in [2.75, 3.05) is 13.2 Å². The fourth-order valence-corrected chi connectivity index (χ4v) is 3.51. The highest BCUT2D eigenvalue weighted by Gasteiger charge is 2.25. The number of nitrogens with zero attached hydrogens (tertiary/aromatic N) is 3. The molecule has 4 rings (SSSR count). The fourth-order valence-electron chi connectivity index (χ4n) is 3.51. The van der Waals surface area contributed by atoms with Gasteiger partial charge in [0, 0.05) is 25.3 Å². The Balaban J connectivity index is 1.39. The average Bonchev–Trinajstić information content (AvgIpc) is 3.27. The molecule has 6 heteroatoms. The Hall–Kier alpha value is -1.63. The van der Waals surface area contributed by atoms with Crippen LogP contribution in [-0.2, 0) is 30.9 Å². The SMILES string of the molecule is OCCn1ncc2c1CN(Cc1ccc([C@H]3CCCCO3)o1)C2. The van der Waals surface area contributed by atoms with Crippen LogP contribution in [0.3, 0.4) is 0 Å². The van der Waals surface area contributed by atoms with Gasteiger partial charge in [-0.15, -0.1) is 0 Å². The number of aliphatic hydroxyl groups excluding tert-OH is 1. The van der Waals surface area contributed by atoms with Crippen LogP contribution in [0, 0.1) is 0 Å². The van der Waals surface area contributed by atoms with Crippen LogP contribution in [0.25, 0.3) is 0 Å². The number of furan rings is 1. The first-order valence-electron chi connectivity index (χ1n) is 8.40. The third-order valence-corrected chi connectivity index (χ3v) is 4.67. The van der Waals surface area contributed by atoms with E-state index in [1.165, 1.54) is 17.7 Å². The molecule has 1 N–H and O–H groups in total. The van der Waals surface area contributed by atoms with Gasteiger partial charge in [0.25, 0.3) is 0 Å². The normalized spacial score (nSPS) is 21.7. The number of hydrogen-bond donors (Lipinski definition) is 1. The Morgan fingerprint density at radius 1 is 1.26 bits per heavy atom. The maximum atomic E-state index is 9.10. The van der Waals surface area contributed by atoms with E-state index < -0.39 is 0 Å². The highest BCUT2D eigenvalue weighted by molar-refractivity contribution is 5.22. The molecule has 6 nitrogen and oxygen atoms in total. The Bertz CT molecular complexity index is 658. The Morgan fingerprint density at radius 3 is 3.04 bits per heavy atom. The van der Waals surface area contributed by atoms with E-state index in [4.69, 9.17) is 14.3 Å². The van der Waals surface area contributed by atoms with Gasteiger partial charge in [0.15, 0.2) is 0 Å². The summed E-state index contributed by atoms with van der Waals surface area (Å²) in [5.41, 5.74) is 2.46. The smallest absolute Gasteiger partial charge is 0.133 e. The lowest BCUT2D eigenvalue weighted by molar-refractivity contribution is 0.000825. The minimum atomic E-state index is 0.122. The molecule has 2 aliphatic rings. The van der Waals surface area contributed by atoms with Crippen LogP contribution in [0.5, 0.6) is 0 Å². The number of ether oxygens (including phenoxy) is 1. The van der Waals surface area contributed by atoms with Gasteiger partial charge in [0.05, 0.1) is 31.6 Å². The summed E-state index contributed by atoms with van der Waals surface area (Å²) >= 11 is 0. The third kappa shape index (κ3) is 3.06. The predicted octanol–water partition coefficient (Wildman–Crippen LogP) is 2.23. The molecule has 0 aromatic carbocycles. The van der Waals surface area contributed by atoms with Gasteiger partial charge in [0.1, 0.15) is 17.6 Å². The van der Waals surface area contributed by atoms with Crippen molar-refractivity contribution in [2.24, 2.45) is 0 Å². The van der Waals surface area contributed by atoms with Crippen molar-refractivity contribution in [3.8, 4) is 0 Å². The zero-order chi connectivity index (χ0) is 15.6. The monoisotopic (exact) mass is 317 g/mol. The minimum absolute atomic E-state index is 0.122. The van der Waals surface area contributed by atoms with Crippen molar-refractivity contribution in [3.63, 3.8) is 0 Å². The molecule has 1 fully saturated rings. The average molecular weight is 317 g/mol. The molecule has 0 saturated carbocycles. The number of fused-ring (bicyclic) bond motifs is 1. The highest BCUT2D eigenvalue weighted by Crippen LogP contribution is 2.30. The summed E-state index contributed by atoms with van der Waals surface area (Å²) in [5, 5.41) is 13.4. The molecule has 2 aromatic heterocycles. The largest absolute Gasteiger partial charge is 0.462 e. The summed E-state index contributed by atoms with van der Waals surface area (Å²) in [6.07, 6.45) is 5.46. The first-order chi connectivity index (χ1) is 11.3. The molecule has 1 atom stereocenters. The standard InChI is InChI=1S/C17H23N3O3/c21-7-6-20-15-12-19(10-13(15)9-18-20)11-14-4-5-17(23-14)16-3-1-2-8-22-16/h4-5,9,16,21H,1-3,6-8,10-12H2/t16-/m1/s1. The molecule has 0 spiro atoms. The van der Waals surface area contributed by atoms with Crippen molar-refractivity contribution in [3.05, 3.63) is 41.1 Å². The summed E-state index contributed by atoms with van der Waals surface area (Å²) in [6, 6.07) is 4.12. The van der Waals surface area contributed by atoms with Crippen LogP contribution in [0.15, 0.2) is 22.7 Å². The molecule has 0 unspecified atom stereocenters. The summed E-state index contributed by atoms with van der Waals surface area (Å²) in [7, 11) is 0. The van der Waals surface area contributed by atoms with E-state index in [2.05, 4.69) is 22.1 Å². The van der Waals surface area contributed by atoms with E-state index in [0.29, 0.717) is 6.54 Å². The highest BCUT2D eigenvalue weighted by atomic mass is 16.5. The zero-order valence-electron chi connectivity index (χ0n) is 13.3. The molecule has 2 aromatic rings. The van der Waals surface area contributed by atoms with Crippen LogP contribution in [-0.4, -0.2) is 33.0 Å².